The molecule has 1 aromatic heterocycles. The number of nitrogens with one attached hydrogen (secondary N) is 1. The Hall–Kier alpha value is 0.380. The van der Waals surface area contributed by atoms with E-state index in [4.69, 9.17) is 11.6 Å². The topological polar surface area (TPSA) is 46.2 Å². The highest BCUT2D eigenvalue weighted by molar-refractivity contribution is 9.11. The molecule has 0 bridgehead atoms. The molecule has 18 heavy (non-hydrogen) atoms. The monoisotopic (exact) mass is 371 g/mol. The van der Waals surface area contributed by atoms with Gasteiger partial charge in [-0.3, -0.25) is 0 Å². The first-order valence-electron chi connectivity index (χ1n) is 5.84. The maximum absolute atomic E-state index is 12.1. The van der Waals surface area contributed by atoms with Crippen LogP contribution in [0.4, 0.5) is 0 Å². The lowest BCUT2D eigenvalue weighted by Crippen LogP contribution is -2.29. The second-order valence-electron chi connectivity index (χ2n) is 4.71. The van der Waals surface area contributed by atoms with Gasteiger partial charge in [-0.05, 0) is 40.3 Å². The first-order chi connectivity index (χ1) is 8.40. The third-order valence-electron chi connectivity index (χ3n) is 3.46. The average Bonchev–Trinajstić information content (AvgIpc) is 2.84. The Labute approximate surface area is 125 Å². The van der Waals surface area contributed by atoms with E-state index in [1.54, 1.807) is 0 Å². The van der Waals surface area contributed by atoms with Crippen molar-refractivity contribution >= 4 is 48.9 Å². The van der Waals surface area contributed by atoms with E-state index < -0.39 is 10.0 Å². The summed E-state index contributed by atoms with van der Waals surface area (Å²) < 4.78 is 27.8. The van der Waals surface area contributed by atoms with Crippen LogP contribution in [0.1, 0.15) is 26.2 Å². The van der Waals surface area contributed by atoms with Crippen molar-refractivity contribution in [3.63, 3.8) is 0 Å². The molecule has 0 aromatic carbocycles. The van der Waals surface area contributed by atoms with Gasteiger partial charge in [0.2, 0.25) is 10.0 Å². The zero-order valence-corrected chi connectivity index (χ0v) is 13.9. The van der Waals surface area contributed by atoms with E-state index in [9.17, 15) is 8.42 Å². The molecule has 1 heterocycles. The summed E-state index contributed by atoms with van der Waals surface area (Å²) in [6.45, 7) is 2.71. The maximum atomic E-state index is 12.1. The number of halogens is 2. The van der Waals surface area contributed by atoms with Gasteiger partial charge in [-0.25, -0.2) is 13.1 Å². The van der Waals surface area contributed by atoms with E-state index in [1.807, 2.05) is 0 Å². The van der Waals surface area contributed by atoms with Gasteiger partial charge in [0, 0.05) is 6.54 Å². The van der Waals surface area contributed by atoms with Gasteiger partial charge in [0.05, 0.1) is 8.81 Å². The first kappa shape index (κ1) is 14.8. The molecule has 1 aliphatic rings. The minimum atomic E-state index is -3.42. The van der Waals surface area contributed by atoms with Crippen molar-refractivity contribution in [2.75, 3.05) is 6.54 Å². The first-order valence-corrected chi connectivity index (χ1v) is 9.31. The highest BCUT2D eigenvalue weighted by atomic mass is 79.9. The maximum Gasteiger partial charge on any atom is 0.250 e. The van der Waals surface area contributed by atoms with Crippen LogP contribution in [-0.2, 0) is 10.0 Å². The number of sulfonamides is 1. The van der Waals surface area contributed by atoms with Crippen LogP contribution in [0.25, 0.3) is 0 Å². The molecular weight excluding hydrogens is 358 g/mol. The molecular formula is C11H15BrClNO2S2. The van der Waals surface area contributed by atoms with Crippen LogP contribution < -0.4 is 4.72 Å². The van der Waals surface area contributed by atoms with Gasteiger partial charge >= 0.3 is 0 Å². The third-order valence-corrected chi connectivity index (χ3v) is 7.83. The van der Waals surface area contributed by atoms with Gasteiger partial charge in [-0.15, -0.1) is 11.3 Å². The van der Waals surface area contributed by atoms with Crippen LogP contribution in [0.15, 0.2) is 14.1 Å². The number of hydrogen-bond donors (Lipinski definition) is 1. The van der Waals surface area contributed by atoms with Gasteiger partial charge in [0.1, 0.15) is 4.21 Å². The fourth-order valence-corrected chi connectivity index (χ4v) is 5.81. The number of thiophene rings is 1. The van der Waals surface area contributed by atoms with E-state index in [-0.39, 0.29) is 4.21 Å². The molecule has 1 N–H and O–H groups in total. The number of hydrogen-bond acceptors (Lipinski definition) is 3. The summed E-state index contributed by atoms with van der Waals surface area (Å²) in [6.07, 6.45) is 3.51. The molecule has 102 valence electrons. The average molecular weight is 373 g/mol. The highest BCUT2D eigenvalue weighted by Gasteiger charge is 2.26. The van der Waals surface area contributed by atoms with Crippen LogP contribution in [0.2, 0.25) is 5.02 Å². The molecule has 0 amide bonds. The SMILES string of the molecule is CC1CCCC1CNS(=O)(=O)c1cc(Cl)c(Br)s1. The van der Waals surface area contributed by atoms with Crippen molar-refractivity contribution in [3.05, 3.63) is 14.9 Å². The second-order valence-corrected chi connectivity index (χ2v) is 9.48. The summed E-state index contributed by atoms with van der Waals surface area (Å²) in [5.74, 6) is 1.06. The molecule has 1 saturated carbocycles. The predicted molar refractivity (Wildman–Crippen MR) is 78.7 cm³/mol. The van der Waals surface area contributed by atoms with Crippen LogP contribution >= 0.6 is 38.9 Å². The lowest BCUT2D eigenvalue weighted by Gasteiger charge is -2.15. The van der Waals surface area contributed by atoms with Crippen molar-refractivity contribution < 1.29 is 8.42 Å². The normalized spacial score (nSPS) is 24.6. The molecule has 3 nitrogen and oxygen atoms in total. The fraction of sp³-hybridized carbons (Fsp3) is 0.636. The zero-order valence-electron chi connectivity index (χ0n) is 9.95. The quantitative estimate of drug-likeness (QED) is 0.872. The van der Waals surface area contributed by atoms with Gasteiger partial charge in [0.15, 0.2) is 0 Å². The Morgan fingerprint density at radius 1 is 1.56 bits per heavy atom. The van der Waals surface area contributed by atoms with Gasteiger partial charge in [-0.1, -0.05) is 31.4 Å². The molecule has 7 heteroatoms. The van der Waals surface area contributed by atoms with Crippen molar-refractivity contribution in [3.8, 4) is 0 Å². The lowest BCUT2D eigenvalue weighted by atomic mass is 9.99. The summed E-state index contributed by atoms with van der Waals surface area (Å²) >= 11 is 10.2. The van der Waals surface area contributed by atoms with E-state index in [0.29, 0.717) is 27.2 Å². The van der Waals surface area contributed by atoms with Gasteiger partial charge in [0.25, 0.3) is 0 Å². The Morgan fingerprint density at radius 3 is 2.78 bits per heavy atom. The van der Waals surface area contributed by atoms with Crippen molar-refractivity contribution in [2.45, 2.75) is 30.4 Å². The van der Waals surface area contributed by atoms with Gasteiger partial charge in [-0.2, -0.15) is 0 Å². The number of rotatable bonds is 4. The Kier molecular flexibility index (Phi) is 4.75. The van der Waals surface area contributed by atoms with E-state index in [0.717, 1.165) is 17.8 Å². The van der Waals surface area contributed by atoms with Crippen molar-refractivity contribution in [2.24, 2.45) is 11.8 Å². The molecule has 0 radical (unpaired) electrons. The van der Waals surface area contributed by atoms with Gasteiger partial charge < -0.3 is 0 Å². The minimum absolute atomic E-state index is 0.269. The van der Waals surface area contributed by atoms with Crippen LogP contribution in [0.3, 0.4) is 0 Å². The zero-order chi connectivity index (χ0) is 13.3. The summed E-state index contributed by atoms with van der Waals surface area (Å²) in [7, 11) is -3.42. The molecule has 1 aliphatic carbocycles. The summed E-state index contributed by atoms with van der Waals surface area (Å²) in [4.78, 5) is 0. The van der Waals surface area contributed by atoms with Crippen molar-refractivity contribution in [1.29, 1.82) is 0 Å². The molecule has 0 aliphatic heterocycles. The Bertz CT molecular complexity index is 510. The smallest absolute Gasteiger partial charge is 0.210 e. The highest BCUT2D eigenvalue weighted by Crippen LogP contribution is 2.35. The molecule has 0 spiro atoms. The largest absolute Gasteiger partial charge is 0.250 e. The molecule has 2 unspecified atom stereocenters. The van der Waals surface area contributed by atoms with Crippen LogP contribution in [0, 0.1) is 11.8 Å². The molecule has 0 saturated heterocycles. The predicted octanol–water partition coefficient (Wildman–Crippen LogP) is 3.88. The van der Waals surface area contributed by atoms with E-state index in [1.165, 1.54) is 18.9 Å². The Morgan fingerprint density at radius 2 is 2.28 bits per heavy atom. The molecule has 1 aromatic rings. The summed E-state index contributed by atoms with van der Waals surface area (Å²) in [6, 6.07) is 1.48. The molecule has 2 rings (SSSR count). The molecule has 2 atom stereocenters. The summed E-state index contributed by atoms with van der Waals surface area (Å²) in [5, 5.41) is 0.439. The third kappa shape index (κ3) is 3.28. The fourth-order valence-electron chi connectivity index (χ4n) is 2.27. The second kappa shape index (κ2) is 5.79. The summed E-state index contributed by atoms with van der Waals surface area (Å²) in [5.41, 5.74) is 0. The van der Waals surface area contributed by atoms with Crippen molar-refractivity contribution in [1.82, 2.24) is 4.72 Å². The van der Waals surface area contributed by atoms with Crippen LogP contribution in [-0.4, -0.2) is 15.0 Å². The lowest BCUT2D eigenvalue weighted by molar-refractivity contribution is 0.414. The standard InChI is InChI=1S/C11H15BrClNO2S2/c1-7-3-2-4-8(7)6-14-18(15,16)10-5-9(13)11(12)17-10/h5,7-8,14H,2-4,6H2,1H3. The van der Waals surface area contributed by atoms with Crippen LogP contribution in [0.5, 0.6) is 0 Å². The van der Waals surface area contributed by atoms with E-state index >= 15 is 0 Å². The van der Waals surface area contributed by atoms with E-state index in [2.05, 4.69) is 27.6 Å². The molecule has 1 fully saturated rings. The Balaban J connectivity index is 2.03. The minimum Gasteiger partial charge on any atom is -0.210 e.